The van der Waals surface area contributed by atoms with E-state index < -0.39 is 5.24 Å². The number of fused-ring (bicyclic) bond motifs is 1. The Labute approximate surface area is 126 Å². The van der Waals surface area contributed by atoms with E-state index in [0.717, 1.165) is 4.90 Å². The molecule has 0 radical (unpaired) electrons. The van der Waals surface area contributed by atoms with Crippen LogP contribution in [-0.4, -0.2) is 5.24 Å². The second kappa shape index (κ2) is 5.70. The number of halogens is 1. The van der Waals surface area contributed by atoms with Gasteiger partial charge in [0.25, 0.3) is 5.24 Å². The summed E-state index contributed by atoms with van der Waals surface area (Å²) in [7, 11) is 0. The van der Waals surface area contributed by atoms with Gasteiger partial charge in [-0.25, -0.2) is 0 Å². The van der Waals surface area contributed by atoms with Gasteiger partial charge in [0.05, 0.1) is 0 Å². The van der Waals surface area contributed by atoms with Crippen LogP contribution in [0.4, 0.5) is 0 Å². The van der Waals surface area contributed by atoms with Crippen LogP contribution >= 0.6 is 23.4 Å². The monoisotopic (exact) mass is 298 g/mol. The summed E-state index contributed by atoms with van der Waals surface area (Å²) in [6.45, 7) is 0. The second-order valence-electron chi connectivity index (χ2n) is 4.41. The minimum Gasteiger partial charge on any atom is -0.276 e. The van der Waals surface area contributed by atoms with Crippen LogP contribution in [0.2, 0.25) is 0 Å². The van der Waals surface area contributed by atoms with Crippen LogP contribution in [0.3, 0.4) is 0 Å². The van der Waals surface area contributed by atoms with Gasteiger partial charge in [0.15, 0.2) is 0 Å². The Morgan fingerprint density at radius 1 is 0.800 bits per heavy atom. The molecule has 0 amide bonds. The molecule has 0 aliphatic rings. The number of hydrogen-bond acceptors (Lipinski definition) is 2. The van der Waals surface area contributed by atoms with Crippen LogP contribution in [-0.2, 0) is 0 Å². The van der Waals surface area contributed by atoms with Crippen molar-refractivity contribution in [3.8, 4) is 0 Å². The van der Waals surface area contributed by atoms with E-state index in [-0.39, 0.29) is 0 Å². The molecular formula is C17H11ClOS. The Morgan fingerprint density at radius 3 is 2.15 bits per heavy atom. The van der Waals surface area contributed by atoms with Crippen molar-refractivity contribution < 1.29 is 4.79 Å². The number of rotatable bonds is 3. The molecule has 3 heteroatoms. The van der Waals surface area contributed by atoms with Gasteiger partial charge < -0.3 is 0 Å². The van der Waals surface area contributed by atoms with Gasteiger partial charge in [-0.05, 0) is 58.8 Å². The molecule has 0 saturated carbocycles. The fraction of sp³-hybridized carbons (Fsp3) is 0. The molecule has 1 nitrogen and oxygen atoms in total. The van der Waals surface area contributed by atoms with Crippen molar-refractivity contribution in [2.75, 3.05) is 0 Å². The molecule has 0 atom stereocenters. The molecule has 0 N–H and O–H groups in total. The summed E-state index contributed by atoms with van der Waals surface area (Å²) in [4.78, 5) is 13.3. The predicted octanol–water partition coefficient (Wildman–Crippen LogP) is 5.37. The van der Waals surface area contributed by atoms with E-state index >= 15 is 0 Å². The SMILES string of the molecule is O=C(Cl)c1ccc(Sc2ccc3ccccc3c2)cc1. The molecule has 0 heterocycles. The first-order chi connectivity index (χ1) is 9.72. The van der Waals surface area contributed by atoms with E-state index in [1.165, 1.54) is 15.7 Å². The first kappa shape index (κ1) is 13.2. The van der Waals surface area contributed by atoms with Crippen molar-refractivity contribution in [1.29, 1.82) is 0 Å². The number of carbonyl (C=O) groups is 1. The molecule has 98 valence electrons. The smallest absolute Gasteiger partial charge is 0.252 e. The molecule has 3 aromatic carbocycles. The molecule has 0 aliphatic heterocycles. The fourth-order valence-electron chi connectivity index (χ4n) is 2.02. The van der Waals surface area contributed by atoms with Crippen molar-refractivity contribution in [2.45, 2.75) is 9.79 Å². The van der Waals surface area contributed by atoms with Crippen LogP contribution in [0, 0.1) is 0 Å². The highest BCUT2D eigenvalue weighted by Crippen LogP contribution is 2.30. The highest BCUT2D eigenvalue weighted by molar-refractivity contribution is 7.99. The molecule has 0 spiro atoms. The highest BCUT2D eigenvalue weighted by atomic mass is 35.5. The van der Waals surface area contributed by atoms with E-state index in [4.69, 9.17) is 11.6 Å². The van der Waals surface area contributed by atoms with Crippen molar-refractivity contribution in [1.82, 2.24) is 0 Å². The number of carbonyl (C=O) groups excluding carboxylic acids is 1. The van der Waals surface area contributed by atoms with Crippen molar-refractivity contribution in [2.24, 2.45) is 0 Å². The summed E-state index contributed by atoms with van der Waals surface area (Å²) >= 11 is 7.10. The maximum absolute atomic E-state index is 11.0. The van der Waals surface area contributed by atoms with Crippen molar-refractivity contribution >= 4 is 39.4 Å². The lowest BCUT2D eigenvalue weighted by atomic mass is 10.1. The Balaban J connectivity index is 1.87. The largest absolute Gasteiger partial charge is 0.276 e. The van der Waals surface area contributed by atoms with Gasteiger partial charge in [-0.3, -0.25) is 4.79 Å². The van der Waals surface area contributed by atoms with Gasteiger partial charge in [-0.2, -0.15) is 0 Å². The minimum absolute atomic E-state index is 0.424. The maximum atomic E-state index is 11.0. The molecule has 0 bridgehead atoms. The lowest BCUT2D eigenvalue weighted by molar-refractivity contribution is 0.108. The molecule has 20 heavy (non-hydrogen) atoms. The summed E-state index contributed by atoms with van der Waals surface area (Å²) < 4.78 is 0. The number of hydrogen-bond donors (Lipinski definition) is 0. The van der Waals surface area contributed by atoms with Crippen molar-refractivity contribution in [3.05, 3.63) is 72.3 Å². The Hall–Kier alpha value is -1.77. The van der Waals surface area contributed by atoms with Gasteiger partial charge in [-0.1, -0.05) is 42.1 Å². The van der Waals surface area contributed by atoms with E-state index in [2.05, 4.69) is 30.3 Å². The van der Waals surface area contributed by atoms with Crippen LogP contribution in [0.15, 0.2) is 76.5 Å². The summed E-state index contributed by atoms with van der Waals surface area (Å²) in [5.41, 5.74) is 0.523. The highest BCUT2D eigenvalue weighted by Gasteiger charge is 2.03. The summed E-state index contributed by atoms with van der Waals surface area (Å²) in [6.07, 6.45) is 0. The molecule has 0 saturated heterocycles. The maximum Gasteiger partial charge on any atom is 0.252 e. The lowest BCUT2D eigenvalue weighted by Crippen LogP contribution is -1.86. The average molecular weight is 299 g/mol. The average Bonchev–Trinajstić information content (AvgIpc) is 2.48. The fourth-order valence-corrected chi connectivity index (χ4v) is 3.01. The molecule has 0 aromatic heterocycles. The van der Waals surface area contributed by atoms with E-state index in [9.17, 15) is 4.79 Å². The van der Waals surface area contributed by atoms with Gasteiger partial charge in [0.2, 0.25) is 0 Å². The first-order valence-electron chi connectivity index (χ1n) is 6.19. The zero-order chi connectivity index (χ0) is 13.9. The van der Waals surface area contributed by atoms with Crippen molar-refractivity contribution in [3.63, 3.8) is 0 Å². The Bertz CT molecular complexity index is 765. The second-order valence-corrected chi connectivity index (χ2v) is 5.90. The summed E-state index contributed by atoms with van der Waals surface area (Å²) in [5, 5.41) is 2.04. The predicted molar refractivity (Wildman–Crippen MR) is 84.7 cm³/mol. The van der Waals surface area contributed by atoms with Gasteiger partial charge in [0.1, 0.15) is 0 Å². The third-order valence-corrected chi connectivity index (χ3v) is 4.25. The Morgan fingerprint density at radius 2 is 1.45 bits per heavy atom. The van der Waals surface area contributed by atoms with Crippen LogP contribution in [0.25, 0.3) is 10.8 Å². The third-order valence-electron chi connectivity index (χ3n) is 3.04. The molecule has 3 rings (SSSR count). The molecule has 0 fully saturated rings. The topological polar surface area (TPSA) is 17.1 Å². The lowest BCUT2D eigenvalue weighted by Gasteiger charge is -2.04. The van der Waals surface area contributed by atoms with Crippen LogP contribution < -0.4 is 0 Å². The molecule has 3 aromatic rings. The normalized spacial score (nSPS) is 10.7. The minimum atomic E-state index is -0.424. The van der Waals surface area contributed by atoms with Gasteiger partial charge >= 0.3 is 0 Å². The van der Waals surface area contributed by atoms with E-state index in [1.807, 2.05) is 24.3 Å². The zero-order valence-corrected chi connectivity index (χ0v) is 12.1. The zero-order valence-electron chi connectivity index (χ0n) is 10.5. The van der Waals surface area contributed by atoms with Gasteiger partial charge in [-0.15, -0.1) is 0 Å². The molecule has 0 aliphatic carbocycles. The van der Waals surface area contributed by atoms with Crippen LogP contribution in [0.1, 0.15) is 10.4 Å². The molecular weight excluding hydrogens is 288 g/mol. The Kier molecular flexibility index (Phi) is 3.77. The molecule has 0 unspecified atom stereocenters. The van der Waals surface area contributed by atoms with E-state index in [1.54, 1.807) is 23.9 Å². The summed E-state index contributed by atoms with van der Waals surface area (Å²) in [6, 6.07) is 22.0. The van der Waals surface area contributed by atoms with Gasteiger partial charge in [0, 0.05) is 15.4 Å². The standard InChI is InChI=1S/C17H11ClOS/c18-17(19)13-6-8-15(9-7-13)20-16-10-5-12-3-1-2-4-14(12)11-16/h1-11H. The first-order valence-corrected chi connectivity index (χ1v) is 7.38. The van der Waals surface area contributed by atoms with Crippen LogP contribution in [0.5, 0.6) is 0 Å². The van der Waals surface area contributed by atoms with E-state index in [0.29, 0.717) is 5.56 Å². The third kappa shape index (κ3) is 2.87. The number of benzene rings is 3. The summed E-state index contributed by atoms with van der Waals surface area (Å²) in [5.74, 6) is 0. The quantitative estimate of drug-likeness (QED) is 0.605.